The van der Waals surface area contributed by atoms with Crippen molar-refractivity contribution in [2.45, 2.75) is 72.1 Å². The van der Waals surface area contributed by atoms with E-state index >= 15 is 0 Å². The van der Waals surface area contributed by atoms with Gasteiger partial charge < -0.3 is 0 Å². The summed E-state index contributed by atoms with van der Waals surface area (Å²) in [6.07, 6.45) is 0. The molecule has 15 aromatic rings. The number of benzene rings is 14. The summed E-state index contributed by atoms with van der Waals surface area (Å²) in [6, 6.07) is 58.1. The zero-order valence-electron chi connectivity index (χ0n) is 74.9. The fraction of sp³-hybridized carbons (Fsp3) is 0.116. The fourth-order valence-electron chi connectivity index (χ4n) is 13.0. The molecular formula is C95H79N3OSSe. The molecule has 0 spiro atoms. The van der Waals surface area contributed by atoms with Crippen LogP contribution in [0, 0.1) is 0 Å². The van der Waals surface area contributed by atoms with E-state index in [1.807, 2.05) is 168 Å². The fourth-order valence-corrected chi connectivity index (χ4v) is 15.9. The van der Waals surface area contributed by atoms with Crippen LogP contribution in [0.5, 0.6) is 11.5 Å². The Kier molecular flexibility index (Phi) is 12.6. The standard InChI is InChI=1S/C95H79N3OSSe/c1-63(2)70-51-79-62-82(52-70)101-81-43-27-42-74(61-81)98(92-83(65-32-16-10-17-33-65)45-28-46-84(92)66-34-18-11-19-35-66)78-58-77(59-80(60-78)99-79)96(88-47-29-49-90-91(88)85-44-24-25-48-89(85)100-90)75-53-71(94(3,4)5)54-76(57-75)97(73-41-26-40-69(50-73)64-30-14-9-15-31-64)93-86(67-36-20-12-21-37-67)55-72(95(6,7)8)56-87(93)68-38-22-13-23-39-68/h9-63H,1-8H3/i9D,14D,15D,26D,27D,28D,30D,31D,40D,41D,43D,45D,46D,50D,51D,52D,58D,59D. The van der Waals surface area contributed by atoms with Crippen molar-refractivity contribution in [3.63, 3.8) is 0 Å². The summed E-state index contributed by atoms with van der Waals surface area (Å²) in [5.41, 5.74) is 4.02. The van der Waals surface area contributed by atoms with Gasteiger partial charge in [-0.25, -0.2) is 0 Å². The molecule has 101 heavy (non-hydrogen) atoms. The number of fused-ring (bicyclic) bond motifs is 9. The maximum atomic E-state index is 11.8. The van der Waals surface area contributed by atoms with Gasteiger partial charge in [0.15, 0.2) is 0 Å². The summed E-state index contributed by atoms with van der Waals surface area (Å²) < 4.78 is 190. The summed E-state index contributed by atoms with van der Waals surface area (Å²) in [5.74, 6) is -0.695. The number of hydrogen-bond acceptors (Lipinski definition) is 5. The Morgan fingerprint density at radius 1 is 0.406 bits per heavy atom. The monoisotopic (exact) mass is 1410 g/mol. The molecule has 0 N–H and O–H groups in total. The average molecular weight is 1410 g/mol. The topological polar surface area (TPSA) is 19.0 Å². The number of ether oxygens (including phenoxy) is 1. The van der Waals surface area contributed by atoms with Crippen LogP contribution in [0.4, 0.5) is 51.2 Å². The van der Waals surface area contributed by atoms with Crippen molar-refractivity contribution < 1.29 is 29.4 Å². The van der Waals surface area contributed by atoms with Crippen LogP contribution in [-0.4, -0.2) is 15.0 Å². The Bertz CT molecular complexity index is 6520. The minimum atomic E-state index is -0.974. The van der Waals surface area contributed by atoms with Crippen molar-refractivity contribution in [2.75, 3.05) is 14.7 Å². The molecule has 14 aromatic carbocycles. The average Bonchev–Trinajstić information content (AvgIpc) is 0.860. The van der Waals surface area contributed by atoms with Gasteiger partial charge in [-0.3, -0.25) is 0 Å². The molecule has 16 rings (SSSR count). The second-order valence-corrected chi connectivity index (χ2v) is 30.7. The van der Waals surface area contributed by atoms with E-state index < -0.39 is 109 Å². The normalized spacial score (nSPS) is 14.8. The Labute approximate surface area is 630 Å². The van der Waals surface area contributed by atoms with Crippen LogP contribution in [0.3, 0.4) is 0 Å². The molecule has 1 aromatic heterocycles. The van der Waals surface area contributed by atoms with Gasteiger partial charge in [0.1, 0.15) is 0 Å². The van der Waals surface area contributed by atoms with E-state index in [2.05, 4.69) is 32.9 Å². The molecule has 492 valence electrons. The SMILES string of the molecule is [2H]c1cc2cc(c1[2H])[Se]c1cc(c([2H])c(C(C)C)c1[2H])Oc1cc(c([2H])c(N(c3cc(N(c4c(-c5ccccc5)cc(C(C)(C)C)cc4-c4ccccc4)c4c([2H])c([2H])c([2H])c(-c5c([2H])c([2H])c([2H])c([2H])c5[2H])c4[2H])cc(C(C)(C)C)c3)c3cccc4sc5ccccc5c34)c1[2H])N2c1c(-c2ccccc2)c([2H])c([2H])c([2H])c1-c1ccccc1. The Morgan fingerprint density at radius 2 is 0.970 bits per heavy atom. The molecular weight excluding hydrogens is 1310 g/mol. The second-order valence-electron chi connectivity index (χ2n) is 27.3. The van der Waals surface area contributed by atoms with Gasteiger partial charge >= 0.3 is 379 Å². The Morgan fingerprint density at radius 3 is 1.60 bits per heavy atom. The third kappa shape index (κ3) is 13.0. The molecule has 6 bridgehead atoms. The van der Waals surface area contributed by atoms with Crippen LogP contribution in [-0.2, 0) is 10.8 Å². The number of nitrogens with zero attached hydrogens (tertiary/aromatic N) is 3. The molecule has 6 heteroatoms. The number of thiophene rings is 1. The van der Waals surface area contributed by atoms with E-state index in [1.165, 1.54) is 23.5 Å². The van der Waals surface area contributed by atoms with Gasteiger partial charge in [-0.1, -0.05) is 157 Å². The van der Waals surface area contributed by atoms with E-state index in [-0.39, 0.29) is 105 Å². The molecule has 2 heterocycles. The number of para-hydroxylation sites is 1. The first-order valence-electron chi connectivity index (χ1n) is 42.6. The molecule has 0 fully saturated rings. The summed E-state index contributed by atoms with van der Waals surface area (Å²) in [5, 5.41) is 1.48. The first-order chi connectivity index (χ1) is 56.7. The summed E-state index contributed by atoms with van der Waals surface area (Å²) in [4.78, 5) is 5.17. The molecule has 0 saturated heterocycles. The third-order valence-electron chi connectivity index (χ3n) is 18.0. The number of rotatable bonds is 13. The molecule has 0 aliphatic carbocycles. The van der Waals surface area contributed by atoms with Crippen LogP contribution in [0.1, 0.15) is 103 Å². The van der Waals surface area contributed by atoms with E-state index in [0.29, 0.717) is 70.2 Å². The molecule has 0 saturated carbocycles. The molecule has 4 nitrogen and oxygen atoms in total. The van der Waals surface area contributed by atoms with Crippen LogP contribution in [0.25, 0.3) is 75.8 Å². The zero-order chi connectivity index (χ0) is 84.6. The first kappa shape index (κ1) is 47.1. The van der Waals surface area contributed by atoms with Crippen molar-refractivity contribution in [2.24, 2.45) is 0 Å². The number of anilines is 9. The van der Waals surface area contributed by atoms with Crippen molar-refractivity contribution in [3.05, 3.63) is 344 Å². The predicted octanol–water partition coefficient (Wildman–Crippen LogP) is 26.3. The predicted molar refractivity (Wildman–Crippen MR) is 434 cm³/mol. The Hall–Kier alpha value is -11.0. The van der Waals surface area contributed by atoms with Crippen molar-refractivity contribution in [3.8, 4) is 67.1 Å². The van der Waals surface area contributed by atoms with E-state index in [1.54, 1.807) is 75.4 Å². The van der Waals surface area contributed by atoms with Gasteiger partial charge in [0.2, 0.25) is 0 Å². The maximum absolute atomic E-state index is 11.8. The van der Waals surface area contributed by atoms with Crippen molar-refractivity contribution in [1.82, 2.24) is 0 Å². The van der Waals surface area contributed by atoms with E-state index in [9.17, 15) is 20.6 Å². The molecule has 0 unspecified atom stereocenters. The third-order valence-corrected chi connectivity index (χ3v) is 21.0. The van der Waals surface area contributed by atoms with Crippen molar-refractivity contribution in [1.29, 1.82) is 0 Å². The van der Waals surface area contributed by atoms with Gasteiger partial charge in [-0.2, -0.15) is 0 Å². The molecule has 1 aliphatic rings. The minimum absolute atomic E-state index is 0.0377. The first-order valence-corrected chi connectivity index (χ1v) is 36.1. The van der Waals surface area contributed by atoms with Crippen LogP contribution in [0.2, 0.25) is 0 Å². The molecule has 0 radical (unpaired) electrons. The van der Waals surface area contributed by atoms with E-state index in [0.717, 1.165) is 20.3 Å². The summed E-state index contributed by atoms with van der Waals surface area (Å²) >= 11 is 0.550. The number of hydrogen-bond donors (Lipinski definition) is 0. The van der Waals surface area contributed by atoms with Gasteiger partial charge in [-0.15, -0.1) is 0 Å². The van der Waals surface area contributed by atoms with Gasteiger partial charge in [0.25, 0.3) is 0 Å². The Balaban J connectivity index is 1.13. The van der Waals surface area contributed by atoms with Crippen molar-refractivity contribution >= 4 is 107 Å². The van der Waals surface area contributed by atoms with Crippen LogP contribution >= 0.6 is 11.3 Å². The van der Waals surface area contributed by atoms with Gasteiger partial charge in [0.05, 0.1) is 18.0 Å². The van der Waals surface area contributed by atoms with Crippen LogP contribution < -0.4 is 28.4 Å². The zero-order valence-corrected chi connectivity index (χ0v) is 59.5. The van der Waals surface area contributed by atoms with Gasteiger partial charge in [-0.05, 0) is 63.5 Å². The second kappa shape index (κ2) is 26.9. The van der Waals surface area contributed by atoms with Gasteiger partial charge in [0, 0.05) is 16.8 Å². The molecule has 0 amide bonds. The van der Waals surface area contributed by atoms with E-state index in [4.69, 9.17) is 8.85 Å². The quantitative estimate of drug-likeness (QED) is 0.107. The summed E-state index contributed by atoms with van der Waals surface area (Å²) in [6.45, 7) is 16.1. The molecule has 1 aliphatic heterocycles. The molecule has 0 atom stereocenters. The van der Waals surface area contributed by atoms with Crippen LogP contribution in [0.15, 0.2) is 327 Å². The summed E-state index contributed by atoms with van der Waals surface area (Å²) in [7, 11) is 0.